The molecule has 0 bridgehead atoms. The molecule has 2 nitrogen and oxygen atoms in total. The van der Waals surface area contributed by atoms with Gasteiger partial charge in [-0.15, -0.1) is 0 Å². The molecule has 1 amide bonds. The van der Waals surface area contributed by atoms with Crippen molar-refractivity contribution < 1.29 is 4.79 Å². The lowest BCUT2D eigenvalue weighted by Crippen LogP contribution is -2.31. The lowest BCUT2D eigenvalue weighted by molar-refractivity contribution is -0.129. The van der Waals surface area contributed by atoms with E-state index < -0.39 is 0 Å². The molecule has 0 saturated carbocycles. The Morgan fingerprint density at radius 3 is 2.29 bits per heavy atom. The third-order valence-electron chi connectivity index (χ3n) is 4.50. The molecule has 0 spiro atoms. The van der Waals surface area contributed by atoms with Crippen molar-refractivity contribution in [2.24, 2.45) is 0 Å². The average Bonchev–Trinajstić information content (AvgIpc) is 3.10. The highest BCUT2D eigenvalue weighted by Gasteiger charge is 2.42. The van der Waals surface area contributed by atoms with Crippen LogP contribution in [0.2, 0.25) is 0 Å². The number of nitrogens with zero attached hydrogens (tertiary/aromatic N) is 1. The molecule has 0 aliphatic carbocycles. The molecule has 104 valence electrons. The molecule has 2 heteroatoms. The first kappa shape index (κ1) is 12.4. The van der Waals surface area contributed by atoms with Gasteiger partial charge in [0.15, 0.2) is 0 Å². The first-order chi connectivity index (χ1) is 10.3. The van der Waals surface area contributed by atoms with E-state index >= 15 is 0 Å². The summed E-state index contributed by atoms with van der Waals surface area (Å²) < 4.78 is 0. The molecule has 21 heavy (non-hydrogen) atoms. The molecule has 2 atom stereocenters. The monoisotopic (exact) mass is 275 g/mol. The third-order valence-corrected chi connectivity index (χ3v) is 4.50. The summed E-state index contributed by atoms with van der Waals surface area (Å²) in [6.45, 7) is 0. The average molecular weight is 275 g/mol. The second-order valence-electron chi connectivity index (χ2n) is 5.70. The first-order valence-corrected chi connectivity index (χ1v) is 7.48. The molecule has 2 unspecified atom stereocenters. The zero-order valence-electron chi connectivity index (χ0n) is 11.8. The van der Waals surface area contributed by atoms with Crippen LogP contribution >= 0.6 is 0 Å². The lowest BCUT2D eigenvalue weighted by Gasteiger charge is -2.25. The Labute approximate surface area is 124 Å². The second kappa shape index (κ2) is 4.88. The van der Waals surface area contributed by atoms with Crippen molar-refractivity contribution in [2.75, 3.05) is 0 Å². The second-order valence-corrected chi connectivity index (χ2v) is 5.70. The van der Waals surface area contributed by atoms with Gasteiger partial charge in [-0.05, 0) is 23.1 Å². The molecule has 2 heterocycles. The molecule has 2 aliphatic heterocycles. The standard InChI is InChI=1S/C19H17NO/c21-19-12-11-17-16(14-7-3-1-4-8-14)13-18(20(17)19)15-9-5-2-6-10-15/h1-10,13,17-18H,11-12H2. The van der Waals surface area contributed by atoms with Crippen LogP contribution in [0.1, 0.15) is 30.0 Å². The zero-order valence-corrected chi connectivity index (χ0v) is 11.8. The molecular formula is C19H17NO. The van der Waals surface area contributed by atoms with Gasteiger partial charge in [0.05, 0.1) is 12.1 Å². The molecule has 0 radical (unpaired) electrons. The van der Waals surface area contributed by atoms with E-state index in [4.69, 9.17) is 0 Å². The van der Waals surface area contributed by atoms with Crippen LogP contribution in [0, 0.1) is 0 Å². The third kappa shape index (κ3) is 1.99. The van der Waals surface area contributed by atoms with Gasteiger partial charge in [-0.3, -0.25) is 4.79 Å². The molecule has 1 fully saturated rings. The summed E-state index contributed by atoms with van der Waals surface area (Å²) in [5.41, 5.74) is 3.74. The van der Waals surface area contributed by atoms with Crippen molar-refractivity contribution in [1.29, 1.82) is 0 Å². The van der Waals surface area contributed by atoms with Crippen molar-refractivity contribution in [3.8, 4) is 0 Å². The number of hydrogen-bond donors (Lipinski definition) is 0. The summed E-state index contributed by atoms with van der Waals surface area (Å²) in [7, 11) is 0. The normalized spacial score (nSPS) is 24.1. The number of benzene rings is 2. The fourth-order valence-electron chi connectivity index (χ4n) is 3.54. The molecule has 2 aliphatic rings. The first-order valence-electron chi connectivity index (χ1n) is 7.48. The number of fused-ring (bicyclic) bond motifs is 1. The SMILES string of the molecule is O=C1CCC2C(c3ccccc3)=CC(c3ccccc3)N12. The summed E-state index contributed by atoms with van der Waals surface area (Å²) in [6, 6.07) is 21.1. The highest BCUT2D eigenvalue weighted by molar-refractivity contribution is 5.88. The Balaban J connectivity index is 1.80. The van der Waals surface area contributed by atoms with Crippen LogP contribution in [0.15, 0.2) is 66.7 Å². The number of rotatable bonds is 2. The Morgan fingerprint density at radius 2 is 1.57 bits per heavy atom. The maximum Gasteiger partial charge on any atom is 0.223 e. The van der Waals surface area contributed by atoms with Gasteiger partial charge >= 0.3 is 0 Å². The van der Waals surface area contributed by atoms with Gasteiger partial charge in [0.25, 0.3) is 0 Å². The Hall–Kier alpha value is -2.35. The highest BCUT2D eigenvalue weighted by Crippen LogP contribution is 2.44. The van der Waals surface area contributed by atoms with Crippen molar-refractivity contribution in [1.82, 2.24) is 4.90 Å². The summed E-state index contributed by atoms with van der Waals surface area (Å²) >= 11 is 0. The summed E-state index contributed by atoms with van der Waals surface area (Å²) in [4.78, 5) is 14.4. The van der Waals surface area contributed by atoms with Gasteiger partial charge < -0.3 is 4.90 Å². The van der Waals surface area contributed by atoms with Crippen LogP contribution in [-0.2, 0) is 4.79 Å². The minimum atomic E-state index is 0.0846. The van der Waals surface area contributed by atoms with E-state index in [-0.39, 0.29) is 18.0 Å². The Morgan fingerprint density at radius 1 is 0.905 bits per heavy atom. The van der Waals surface area contributed by atoms with E-state index in [0.717, 1.165) is 6.42 Å². The van der Waals surface area contributed by atoms with Crippen molar-refractivity contribution in [2.45, 2.75) is 24.9 Å². The Kier molecular flexibility index (Phi) is 2.88. The number of amides is 1. The van der Waals surface area contributed by atoms with Gasteiger partial charge in [0.2, 0.25) is 5.91 Å². The fraction of sp³-hybridized carbons (Fsp3) is 0.211. The fourth-order valence-corrected chi connectivity index (χ4v) is 3.54. The Bertz CT molecular complexity index is 690. The molecule has 0 N–H and O–H groups in total. The highest BCUT2D eigenvalue weighted by atomic mass is 16.2. The van der Waals surface area contributed by atoms with E-state index in [1.807, 2.05) is 24.3 Å². The topological polar surface area (TPSA) is 20.3 Å². The molecule has 4 rings (SSSR count). The lowest BCUT2D eigenvalue weighted by atomic mass is 9.98. The molecule has 2 aromatic rings. The van der Waals surface area contributed by atoms with Gasteiger partial charge in [0.1, 0.15) is 0 Å². The van der Waals surface area contributed by atoms with E-state index in [2.05, 4.69) is 47.4 Å². The zero-order chi connectivity index (χ0) is 14.2. The minimum absolute atomic E-state index is 0.0846. The van der Waals surface area contributed by atoms with Gasteiger partial charge in [-0.2, -0.15) is 0 Å². The number of carbonyl (C=O) groups excluding carboxylic acids is 1. The molecule has 1 saturated heterocycles. The van der Waals surface area contributed by atoms with Crippen molar-refractivity contribution >= 4 is 11.5 Å². The van der Waals surface area contributed by atoms with Gasteiger partial charge in [0, 0.05) is 6.42 Å². The van der Waals surface area contributed by atoms with Crippen LogP contribution in [0.3, 0.4) is 0 Å². The van der Waals surface area contributed by atoms with E-state index in [1.165, 1.54) is 16.7 Å². The quantitative estimate of drug-likeness (QED) is 0.816. The maximum absolute atomic E-state index is 12.3. The van der Waals surface area contributed by atoms with Crippen LogP contribution in [-0.4, -0.2) is 16.8 Å². The van der Waals surface area contributed by atoms with E-state index in [0.29, 0.717) is 6.42 Å². The smallest absolute Gasteiger partial charge is 0.223 e. The van der Waals surface area contributed by atoms with Gasteiger partial charge in [-0.1, -0.05) is 66.7 Å². The summed E-state index contributed by atoms with van der Waals surface area (Å²) in [5.74, 6) is 0.274. The summed E-state index contributed by atoms with van der Waals surface area (Å²) in [5, 5.41) is 0. The predicted molar refractivity (Wildman–Crippen MR) is 83.5 cm³/mol. The van der Waals surface area contributed by atoms with Crippen LogP contribution in [0.5, 0.6) is 0 Å². The molecule has 0 aromatic heterocycles. The van der Waals surface area contributed by atoms with E-state index in [9.17, 15) is 4.79 Å². The van der Waals surface area contributed by atoms with Gasteiger partial charge in [-0.25, -0.2) is 0 Å². The van der Waals surface area contributed by atoms with Crippen molar-refractivity contribution in [3.05, 3.63) is 77.9 Å². The maximum atomic E-state index is 12.3. The largest absolute Gasteiger partial charge is 0.325 e. The number of hydrogen-bond acceptors (Lipinski definition) is 1. The molecular weight excluding hydrogens is 258 g/mol. The van der Waals surface area contributed by atoms with E-state index in [1.54, 1.807) is 0 Å². The van der Waals surface area contributed by atoms with Crippen LogP contribution in [0.25, 0.3) is 5.57 Å². The van der Waals surface area contributed by atoms with Crippen molar-refractivity contribution in [3.63, 3.8) is 0 Å². The minimum Gasteiger partial charge on any atom is -0.325 e. The number of carbonyl (C=O) groups is 1. The summed E-state index contributed by atoms with van der Waals surface area (Å²) in [6.07, 6.45) is 3.87. The predicted octanol–water partition coefficient (Wildman–Crippen LogP) is 3.82. The molecule has 2 aromatic carbocycles. The van der Waals surface area contributed by atoms with Crippen LogP contribution < -0.4 is 0 Å². The van der Waals surface area contributed by atoms with Crippen LogP contribution in [0.4, 0.5) is 0 Å².